The highest BCUT2D eigenvalue weighted by Crippen LogP contribution is 2.18. The van der Waals surface area contributed by atoms with Crippen LogP contribution in [0, 0.1) is 13.8 Å². The number of fused-ring (bicyclic) bond motifs is 2. The van der Waals surface area contributed by atoms with Crippen molar-refractivity contribution in [2.75, 3.05) is 5.32 Å². The summed E-state index contributed by atoms with van der Waals surface area (Å²) in [4.78, 5) is 30.0. The van der Waals surface area contributed by atoms with Crippen LogP contribution >= 0.6 is 0 Å². The molecule has 0 unspecified atom stereocenters. The predicted molar refractivity (Wildman–Crippen MR) is 96.5 cm³/mol. The van der Waals surface area contributed by atoms with Crippen LogP contribution in [-0.4, -0.2) is 25.8 Å². The molecule has 0 radical (unpaired) electrons. The molecule has 0 atom stereocenters. The molecule has 122 valence electrons. The highest BCUT2D eigenvalue weighted by molar-refractivity contribution is 6.06. The number of hydrogen-bond donors (Lipinski definition) is 1. The number of benzene rings is 2. The van der Waals surface area contributed by atoms with Crippen molar-refractivity contribution in [3.05, 3.63) is 65.7 Å². The lowest BCUT2D eigenvalue weighted by molar-refractivity contribution is 0.102. The molecule has 2 aromatic carbocycles. The van der Waals surface area contributed by atoms with Gasteiger partial charge in [0.25, 0.3) is 5.91 Å². The molecule has 2 heterocycles. The van der Waals surface area contributed by atoms with Crippen molar-refractivity contribution in [1.29, 1.82) is 0 Å². The molecule has 4 aromatic rings. The molecule has 0 saturated carbocycles. The number of rotatable bonds is 2. The van der Waals surface area contributed by atoms with E-state index >= 15 is 0 Å². The molecule has 0 bridgehead atoms. The van der Waals surface area contributed by atoms with E-state index in [-0.39, 0.29) is 5.91 Å². The molecule has 6 nitrogen and oxygen atoms in total. The van der Waals surface area contributed by atoms with E-state index in [4.69, 9.17) is 0 Å². The van der Waals surface area contributed by atoms with Crippen molar-refractivity contribution in [2.45, 2.75) is 13.8 Å². The third-order valence-electron chi connectivity index (χ3n) is 4.06. The van der Waals surface area contributed by atoms with Gasteiger partial charge in [0.05, 0.1) is 33.5 Å². The van der Waals surface area contributed by atoms with Crippen LogP contribution in [0.3, 0.4) is 0 Å². The summed E-state index contributed by atoms with van der Waals surface area (Å²) in [5, 5.41) is 2.89. The predicted octanol–water partition coefficient (Wildman–Crippen LogP) is 3.44. The van der Waals surface area contributed by atoms with Gasteiger partial charge in [-0.2, -0.15) is 0 Å². The summed E-state index contributed by atoms with van der Waals surface area (Å²) >= 11 is 0. The van der Waals surface area contributed by atoms with Crippen LogP contribution in [0.1, 0.15) is 21.7 Å². The summed E-state index contributed by atoms with van der Waals surface area (Å²) < 4.78 is 0. The van der Waals surface area contributed by atoms with Gasteiger partial charge in [-0.05, 0) is 50.2 Å². The molecule has 0 aliphatic carbocycles. The van der Waals surface area contributed by atoms with Crippen LogP contribution in [-0.2, 0) is 0 Å². The highest BCUT2D eigenvalue weighted by atomic mass is 16.1. The minimum absolute atomic E-state index is 0.204. The smallest absolute Gasteiger partial charge is 0.255 e. The second kappa shape index (κ2) is 5.90. The lowest BCUT2D eigenvalue weighted by Crippen LogP contribution is -2.12. The normalized spacial score (nSPS) is 11.0. The second-order valence-electron chi connectivity index (χ2n) is 5.81. The summed E-state index contributed by atoms with van der Waals surface area (Å²) in [5.74, 6) is -0.204. The van der Waals surface area contributed by atoms with Gasteiger partial charge in [0.2, 0.25) is 0 Å². The zero-order chi connectivity index (χ0) is 17.4. The van der Waals surface area contributed by atoms with Gasteiger partial charge in [0, 0.05) is 23.6 Å². The summed E-state index contributed by atoms with van der Waals surface area (Å²) in [6, 6.07) is 10.8. The maximum atomic E-state index is 12.6. The fourth-order valence-electron chi connectivity index (χ4n) is 2.62. The van der Waals surface area contributed by atoms with Crippen LogP contribution in [0.4, 0.5) is 5.69 Å². The number of carbonyl (C=O) groups is 1. The maximum absolute atomic E-state index is 12.6. The van der Waals surface area contributed by atoms with Gasteiger partial charge in [-0.1, -0.05) is 0 Å². The molecule has 6 heteroatoms. The van der Waals surface area contributed by atoms with E-state index < -0.39 is 0 Å². The standard InChI is InChI=1S/C19H15N5O/c1-11-12(2)23-18-9-13(3-5-16(18)22-11)19(25)24-14-4-6-15-17(10-14)21-8-7-20-15/h3-10H,1-2H3,(H,24,25). The zero-order valence-electron chi connectivity index (χ0n) is 13.8. The van der Waals surface area contributed by atoms with Crippen LogP contribution in [0.5, 0.6) is 0 Å². The quantitative estimate of drug-likeness (QED) is 0.609. The highest BCUT2D eigenvalue weighted by Gasteiger charge is 2.10. The first kappa shape index (κ1) is 15.1. The number of nitrogens with zero attached hydrogens (tertiary/aromatic N) is 4. The van der Waals surface area contributed by atoms with Gasteiger partial charge in [0.15, 0.2) is 0 Å². The van der Waals surface area contributed by atoms with Crippen molar-refractivity contribution in [3.8, 4) is 0 Å². The number of aryl methyl sites for hydroxylation is 2. The molecular weight excluding hydrogens is 314 g/mol. The van der Waals surface area contributed by atoms with Gasteiger partial charge in [-0.15, -0.1) is 0 Å². The molecular formula is C19H15N5O. The van der Waals surface area contributed by atoms with E-state index in [1.165, 1.54) is 0 Å². The first-order chi connectivity index (χ1) is 12.1. The van der Waals surface area contributed by atoms with Crippen molar-refractivity contribution >= 4 is 33.7 Å². The molecule has 0 aliphatic heterocycles. The molecule has 0 fully saturated rings. The zero-order valence-corrected chi connectivity index (χ0v) is 13.8. The SMILES string of the molecule is Cc1nc2ccc(C(=O)Nc3ccc4nccnc4c3)cc2nc1C. The van der Waals surface area contributed by atoms with E-state index in [2.05, 4.69) is 25.3 Å². The van der Waals surface area contributed by atoms with E-state index in [1.807, 2.05) is 32.0 Å². The molecule has 2 aromatic heterocycles. The molecule has 0 spiro atoms. The molecule has 25 heavy (non-hydrogen) atoms. The molecule has 1 N–H and O–H groups in total. The van der Waals surface area contributed by atoms with Crippen molar-refractivity contribution in [2.24, 2.45) is 0 Å². The number of amides is 1. The second-order valence-corrected chi connectivity index (χ2v) is 5.81. The van der Waals surface area contributed by atoms with E-state index in [0.717, 1.165) is 27.9 Å². The number of hydrogen-bond acceptors (Lipinski definition) is 5. The van der Waals surface area contributed by atoms with E-state index in [0.29, 0.717) is 16.8 Å². The lowest BCUT2D eigenvalue weighted by Gasteiger charge is -2.07. The van der Waals surface area contributed by atoms with Gasteiger partial charge < -0.3 is 5.32 Å². The maximum Gasteiger partial charge on any atom is 0.255 e. The Morgan fingerprint density at radius 3 is 2.28 bits per heavy atom. The Morgan fingerprint density at radius 1 is 0.800 bits per heavy atom. The Labute approximate surface area is 144 Å². The summed E-state index contributed by atoms with van der Waals surface area (Å²) in [6.45, 7) is 3.83. The van der Waals surface area contributed by atoms with Crippen molar-refractivity contribution in [3.63, 3.8) is 0 Å². The van der Waals surface area contributed by atoms with Crippen LogP contribution in [0.25, 0.3) is 22.1 Å². The van der Waals surface area contributed by atoms with Gasteiger partial charge in [0.1, 0.15) is 0 Å². The van der Waals surface area contributed by atoms with Crippen molar-refractivity contribution < 1.29 is 4.79 Å². The first-order valence-electron chi connectivity index (χ1n) is 7.87. The van der Waals surface area contributed by atoms with Gasteiger partial charge in [-0.25, -0.2) is 9.97 Å². The Kier molecular flexibility index (Phi) is 3.57. The van der Waals surface area contributed by atoms with E-state index in [9.17, 15) is 4.79 Å². The molecule has 1 amide bonds. The first-order valence-corrected chi connectivity index (χ1v) is 7.87. The van der Waals surface area contributed by atoms with Crippen LogP contribution in [0.2, 0.25) is 0 Å². The average molecular weight is 329 g/mol. The lowest BCUT2D eigenvalue weighted by atomic mass is 10.1. The fraction of sp³-hybridized carbons (Fsp3) is 0.105. The molecule has 0 aliphatic rings. The third-order valence-corrected chi connectivity index (χ3v) is 4.06. The van der Waals surface area contributed by atoms with Gasteiger partial charge >= 0.3 is 0 Å². The van der Waals surface area contributed by atoms with Crippen molar-refractivity contribution in [1.82, 2.24) is 19.9 Å². The minimum Gasteiger partial charge on any atom is -0.322 e. The Hall–Kier alpha value is -3.41. The largest absolute Gasteiger partial charge is 0.322 e. The van der Waals surface area contributed by atoms with Crippen LogP contribution < -0.4 is 5.32 Å². The van der Waals surface area contributed by atoms with Crippen LogP contribution in [0.15, 0.2) is 48.8 Å². The Morgan fingerprint density at radius 2 is 1.48 bits per heavy atom. The topological polar surface area (TPSA) is 80.7 Å². The molecule has 4 rings (SSSR count). The summed E-state index contributed by atoms with van der Waals surface area (Å²) in [5.41, 5.74) is 5.96. The van der Waals surface area contributed by atoms with Gasteiger partial charge in [-0.3, -0.25) is 14.8 Å². The Bertz CT molecular complexity index is 1120. The third kappa shape index (κ3) is 2.89. The number of aromatic nitrogens is 4. The average Bonchev–Trinajstić information content (AvgIpc) is 2.62. The minimum atomic E-state index is -0.204. The van der Waals surface area contributed by atoms with E-state index in [1.54, 1.807) is 30.6 Å². The number of nitrogens with one attached hydrogen (secondary N) is 1. The number of carbonyl (C=O) groups excluding carboxylic acids is 1. The summed E-state index contributed by atoms with van der Waals surface area (Å²) in [6.07, 6.45) is 3.26. The Balaban J connectivity index is 1.65. The fourth-order valence-corrected chi connectivity index (χ4v) is 2.62. The number of anilines is 1. The molecule has 0 saturated heterocycles. The monoisotopic (exact) mass is 329 g/mol. The summed E-state index contributed by atoms with van der Waals surface area (Å²) in [7, 11) is 0.